The van der Waals surface area contributed by atoms with Gasteiger partial charge in [0.25, 0.3) is 0 Å². The molecule has 0 N–H and O–H groups in total. The average Bonchev–Trinajstić information content (AvgIpc) is 2.41. The van der Waals surface area contributed by atoms with E-state index in [0.29, 0.717) is 0 Å². The van der Waals surface area contributed by atoms with E-state index in [-0.39, 0.29) is 5.41 Å². The number of fused-ring (bicyclic) bond motifs is 1. The number of benzene rings is 1. The van der Waals surface area contributed by atoms with Crippen LogP contribution in [0.15, 0.2) is 40.8 Å². The van der Waals surface area contributed by atoms with E-state index >= 15 is 0 Å². The molecule has 0 fully saturated rings. The zero-order chi connectivity index (χ0) is 11.9. The van der Waals surface area contributed by atoms with Crippen molar-refractivity contribution in [3.8, 4) is 0 Å². The van der Waals surface area contributed by atoms with Crippen molar-refractivity contribution in [2.45, 2.75) is 38.0 Å². The Morgan fingerprint density at radius 2 is 1.94 bits per heavy atom. The number of hydrogen-bond donors (Lipinski definition) is 1. The van der Waals surface area contributed by atoms with Crippen molar-refractivity contribution in [3.63, 3.8) is 0 Å². The van der Waals surface area contributed by atoms with Gasteiger partial charge in [-0.2, -0.15) is 0 Å². The Kier molecular flexibility index (Phi) is 2.75. The topological polar surface area (TPSA) is 0 Å². The second kappa shape index (κ2) is 3.81. The van der Waals surface area contributed by atoms with Gasteiger partial charge in [0.15, 0.2) is 0 Å². The summed E-state index contributed by atoms with van der Waals surface area (Å²) in [4.78, 5) is 1.09. The van der Waals surface area contributed by atoms with Gasteiger partial charge in [0.2, 0.25) is 0 Å². The molecule has 0 saturated carbocycles. The van der Waals surface area contributed by atoms with Gasteiger partial charge in [-0.15, -0.1) is 12.6 Å². The SMILES string of the molecule is C/C=C\C1=C(C)c2c(S)cccc2C1(C)C. The molecule has 1 aliphatic rings. The van der Waals surface area contributed by atoms with Gasteiger partial charge in [0, 0.05) is 10.3 Å². The Bertz CT molecular complexity index is 490. The van der Waals surface area contributed by atoms with Crippen LogP contribution in [-0.4, -0.2) is 0 Å². The summed E-state index contributed by atoms with van der Waals surface area (Å²) in [6, 6.07) is 6.38. The lowest BCUT2D eigenvalue weighted by atomic mass is 9.81. The van der Waals surface area contributed by atoms with Gasteiger partial charge < -0.3 is 0 Å². The molecule has 0 unspecified atom stereocenters. The summed E-state index contributed by atoms with van der Waals surface area (Å²) < 4.78 is 0. The van der Waals surface area contributed by atoms with Gasteiger partial charge in [0.05, 0.1) is 0 Å². The molecule has 0 aliphatic heterocycles. The van der Waals surface area contributed by atoms with Crippen LogP contribution in [0.5, 0.6) is 0 Å². The average molecular weight is 230 g/mol. The summed E-state index contributed by atoms with van der Waals surface area (Å²) in [5.41, 5.74) is 5.59. The van der Waals surface area contributed by atoms with E-state index in [1.54, 1.807) is 0 Å². The lowest BCUT2D eigenvalue weighted by molar-refractivity contribution is 0.652. The Hall–Kier alpha value is -0.950. The van der Waals surface area contributed by atoms with E-state index in [0.717, 1.165) is 4.90 Å². The van der Waals surface area contributed by atoms with Crippen LogP contribution >= 0.6 is 12.6 Å². The molecule has 0 spiro atoms. The Balaban J connectivity index is 2.75. The van der Waals surface area contributed by atoms with Crippen molar-refractivity contribution in [1.82, 2.24) is 0 Å². The van der Waals surface area contributed by atoms with Crippen molar-refractivity contribution >= 4 is 18.2 Å². The van der Waals surface area contributed by atoms with E-state index in [9.17, 15) is 0 Å². The minimum atomic E-state index is 0.102. The Morgan fingerprint density at radius 3 is 2.50 bits per heavy atom. The van der Waals surface area contributed by atoms with Crippen molar-refractivity contribution in [2.75, 3.05) is 0 Å². The first-order valence-electron chi connectivity index (χ1n) is 5.67. The maximum atomic E-state index is 4.58. The van der Waals surface area contributed by atoms with E-state index in [2.05, 4.69) is 70.7 Å². The Morgan fingerprint density at radius 1 is 1.25 bits per heavy atom. The molecule has 0 saturated heterocycles. The van der Waals surface area contributed by atoms with Gasteiger partial charge in [-0.25, -0.2) is 0 Å². The zero-order valence-corrected chi connectivity index (χ0v) is 11.2. The second-order valence-electron chi connectivity index (χ2n) is 4.86. The maximum absolute atomic E-state index is 4.58. The van der Waals surface area contributed by atoms with E-state index < -0.39 is 0 Å². The van der Waals surface area contributed by atoms with Crippen LogP contribution in [0.4, 0.5) is 0 Å². The number of hydrogen-bond acceptors (Lipinski definition) is 1. The molecule has 0 amide bonds. The third-order valence-corrected chi connectivity index (χ3v) is 3.87. The van der Waals surface area contributed by atoms with E-state index in [1.165, 1.54) is 22.3 Å². The Labute approximate surface area is 103 Å². The molecule has 1 aliphatic carbocycles. The van der Waals surface area contributed by atoms with Crippen LogP contribution < -0.4 is 0 Å². The molecule has 84 valence electrons. The first kappa shape index (κ1) is 11.5. The lowest BCUT2D eigenvalue weighted by Crippen LogP contribution is -2.16. The van der Waals surface area contributed by atoms with Crippen LogP contribution in [0.25, 0.3) is 5.57 Å². The highest BCUT2D eigenvalue weighted by Gasteiger charge is 2.35. The quantitative estimate of drug-likeness (QED) is 0.669. The van der Waals surface area contributed by atoms with Gasteiger partial charge in [0.1, 0.15) is 0 Å². The molecule has 1 aromatic carbocycles. The third-order valence-electron chi connectivity index (χ3n) is 3.50. The molecule has 0 aromatic heterocycles. The highest BCUT2D eigenvalue weighted by atomic mass is 32.1. The lowest BCUT2D eigenvalue weighted by Gasteiger charge is -2.23. The first-order valence-corrected chi connectivity index (χ1v) is 6.11. The molecule has 0 bridgehead atoms. The summed E-state index contributed by atoms with van der Waals surface area (Å²) in [5, 5.41) is 0. The third kappa shape index (κ3) is 1.46. The number of allylic oxidation sites excluding steroid dienone is 4. The standard InChI is InChI=1S/C15H18S/c1-5-7-11-10(2)14-12(15(11,3)4)8-6-9-13(14)16/h5-9,16H,1-4H3/b7-5-. The van der Waals surface area contributed by atoms with Crippen LogP contribution in [0.3, 0.4) is 0 Å². The fourth-order valence-electron chi connectivity index (χ4n) is 2.70. The molecular formula is C15H18S. The normalized spacial score (nSPS) is 18.3. The molecule has 0 heterocycles. The van der Waals surface area contributed by atoms with Crippen LogP contribution in [0, 0.1) is 0 Å². The largest absolute Gasteiger partial charge is 0.143 e. The number of thiol groups is 1. The fourth-order valence-corrected chi connectivity index (χ4v) is 3.08. The first-order chi connectivity index (χ1) is 7.50. The second-order valence-corrected chi connectivity index (χ2v) is 5.35. The summed E-state index contributed by atoms with van der Waals surface area (Å²) in [6.07, 6.45) is 4.34. The van der Waals surface area contributed by atoms with Gasteiger partial charge in [-0.3, -0.25) is 0 Å². The number of rotatable bonds is 1. The molecular weight excluding hydrogens is 212 g/mol. The highest BCUT2D eigenvalue weighted by molar-refractivity contribution is 7.80. The predicted molar refractivity (Wildman–Crippen MR) is 74.1 cm³/mol. The summed E-state index contributed by atoms with van der Waals surface area (Å²) in [6.45, 7) is 8.83. The van der Waals surface area contributed by atoms with Crippen molar-refractivity contribution in [1.29, 1.82) is 0 Å². The molecule has 1 aromatic rings. The maximum Gasteiger partial charge on any atom is 0.0155 e. The van der Waals surface area contributed by atoms with E-state index in [1.807, 2.05) is 0 Å². The molecule has 2 rings (SSSR count). The molecule has 0 nitrogen and oxygen atoms in total. The van der Waals surface area contributed by atoms with Gasteiger partial charge in [-0.1, -0.05) is 38.1 Å². The predicted octanol–water partition coefficient (Wildman–Crippen LogP) is 4.62. The molecule has 16 heavy (non-hydrogen) atoms. The van der Waals surface area contributed by atoms with Gasteiger partial charge in [-0.05, 0) is 42.2 Å². The summed E-state index contributed by atoms with van der Waals surface area (Å²) in [7, 11) is 0. The monoisotopic (exact) mass is 230 g/mol. The summed E-state index contributed by atoms with van der Waals surface area (Å²) >= 11 is 4.58. The van der Waals surface area contributed by atoms with Crippen molar-refractivity contribution in [3.05, 3.63) is 47.1 Å². The van der Waals surface area contributed by atoms with Crippen molar-refractivity contribution in [2.24, 2.45) is 0 Å². The van der Waals surface area contributed by atoms with Gasteiger partial charge >= 0.3 is 0 Å². The fraction of sp³-hybridized carbons (Fsp3) is 0.333. The smallest absolute Gasteiger partial charge is 0.0155 e. The summed E-state index contributed by atoms with van der Waals surface area (Å²) in [5.74, 6) is 0. The highest BCUT2D eigenvalue weighted by Crippen LogP contribution is 2.48. The van der Waals surface area contributed by atoms with Crippen LogP contribution in [0.2, 0.25) is 0 Å². The molecule has 0 atom stereocenters. The minimum absolute atomic E-state index is 0.102. The molecule has 1 heteroatoms. The van der Waals surface area contributed by atoms with E-state index in [4.69, 9.17) is 0 Å². The molecule has 0 radical (unpaired) electrons. The zero-order valence-electron chi connectivity index (χ0n) is 10.3. The van der Waals surface area contributed by atoms with Crippen LogP contribution in [0.1, 0.15) is 38.8 Å². The van der Waals surface area contributed by atoms with Crippen LogP contribution in [-0.2, 0) is 5.41 Å². The van der Waals surface area contributed by atoms with Crippen molar-refractivity contribution < 1.29 is 0 Å². The minimum Gasteiger partial charge on any atom is -0.143 e.